The summed E-state index contributed by atoms with van der Waals surface area (Å²) in [5.41, 5.74) is 0.991. The summed E-state index contributed by atoms with van der Waals surface area (Å²) >= 11 is 0. The second-order valence-electron chi connectivity index (χ2n) is 8.43. The number of hydrogen-bond donors (Lipinski definition) is 3. The van der Waals surface area contributed by atoms with Crippen molar-refractivity contribution in [2.24, 2.45) is 0 Å². The zero-order chi connectivity index (χ0) is 20.5. The monoisotopic (exact) mass is 399 g/mol. The van der Waals surface area contributed by atoms with Crippen LogP contribution in [0.5, 0.6) is 0 Å². The van der Waals surface area contributed by atoms with Crippen LogP contribution in [-0.4, -0.2) is 81.5 Å². The molecule has 8 nitrogen and oxygen atoms in total. The highest BCUT2D eigenvalue weighted by molar-refractivity contribution is 5.87. The van der Waals surface area contributed by atoms with Crippen LogP contribution in [0.2, 0.25) is 0 Å². The van der Waals surface area contributed by atoms with Gasteiger partial charge in [0, 0.05) is 58.6 Å². The van der Waals surface area contributed by atoms with Crippen LogP contribution in [0.4, 0.5) is 5.69 Å². The molecule has 2 aliphatic heterocycles. The minimum atomic E-state index is -0.860. The Morgan fingerprint density at radius 1 is 1.07 bits per heavy atom. The van der Waals surface area contributed by atoms with Crippen LogP contribution in [0.25, 0.3) is 11.0 Å². The van der Waals surface area contributed by atoms with Crippen molar-refractivity contribution in [2.45, 2.75) is 37.4 Å². The molecule has 29 heavy (non-hydrogen) atoms. The fraction of sp³-hybridized carbons (Fsp3) is 0.571. The Bertz CT molecular complexity index is 878. The first kappa shape index (κ1) is 20.0. The minimum absolute atomic E-state index is 0.0542. The smallest absolute Gasteiger partial charge is 0.219 e. The van der Waals surface area contributed by atoms with Crippen molar-refractivity contribution < 1.29 is 15.0 Å². The minimum Gasteiger partial charge on any atom is -0.388 e. The predicted molar refractivity (Wildman–Crippen MR) is 111 cm³/mol. The van der Waals surface area contributed by atoms with Crippen molar-refractivity contribution in [3.63, 3.8) is 0 Å². The van der Waals surface area contributed by atoms with E-state index in [1.807, 2.05) is 18.2 Å². The number of pyridine rings is 2. The third-order valence-corrected chi connectivity index (χ3v) is 6.20. The zero-order valence-corrected chi connectivity index (χ0v) is 16.8. The fourth-order valence-electron chi connectivity index (χ4n) is 4.37. The van der Waals surface area contributed by atoms with Crippen LogP contribution in [0.15, 0.2) is 30.6 Å². The molecule has 0 bridgehead atoms. The van der Waals surface area contributed by atoms with Gasteiger partial charge in [-0.3, -0.25) is 14.8 Å². The Hall–Kier alpha value is -2.29. The molecule has 0 spiro atoms. The first-order chi connectivity index (χ1) is 13.9. The third-order valence-electron chi connectivity index (χ3n) is 6.20. The van der Waals surface area contributed by atoms with Crippen molar-refractivity contribution in [2.75, 3.05) is 44.2 Å². The molecule has 0 radical (unpaired) electrons. The molecule has 4 heterocycles. The Morgan fingerprint density at radius 2 is 1.79 bits per heavy atom. The lowest BCUT2D eigenvalue weighted by atomic mass is 9.91. The van der Waals surface area contributed by atoms with E-state index in [1.165, 1.54) is 0 Å². The molecule has 8 heteroatoms. The first-order valence-corrected chi connectivity index (χ1v) is 10.2. The summed E-state index contributed by atoms with van der Waals surface area (Å²) in [6.45, 7) is 4.80. The largest absolute Gasteiger partial charge is 0.388 e. The lowest BCUT2D eigenvalue weighted by Gasteiger charge is -2.38. The molecule has 0 saturated carbocycles. The average Bonchev–Trinajstić information content (AvgIpc) is 3.09. The lowest BCUT2D eigenvalue weighted by molar-refractivity contribution is -0.132. The molecule has 2 fully saturated rings. The Morgan fingerprint density at radius 3 is 2.55 bits per heavy atom. The SMILES string of the molecule is CC(=O)N1CCC(O)(CNCC2(O)CCN(c3ccnc4cccnc34)C2)CC1. The van der Waals surface area contributed by atoms with Gasteiger partial charge in [-0.05, 0) is 37.5 Å². The van der Waals surface area contributed by atoms with E-state index in [2.05, 4.69) is 20.2 Å². The molecular formula is C21H29N5O3. The summed E-state index contributed by atoms with van der Waals surface area (Å²) in [5.74, 6) is 0.0542. The van der Waals surface area contributed by atoms with E-state index in [1.54, 1.807) is 24.2 Å². The van der Waals surface area contributed by atoms with Crippen molar-refractivity contribution in [3.05, 3.63) is 30.6 Å². The van der Waals surface area contributed by atoms with Gasteiger partial charge in [0.25, 0.3) is 0 Å². The zero-order valence-electron chi connectivity index (χ0n) is 16.8. The van der Waals surface area contributed by atoms with E-state index in [0.717, 1.165) is 23.3 Å². The molecule has 2 aromatic rings. The highest BCUT2D eigenvalue weighted by Crippen LogP contribution is 2.30. The molecule has 2 aromatic heterocycles. The Kier molecular flexibility index (Phi) is 5.42. The van der Waals surface area contributed by atoms with E-state index < -0.39 is 11.2 Å². The first-order valence-electron chi connectivity index (χ1n) is 10.2. The third kappa shape index (κ3) is 4.34. The van der Waals surface area contributed by atoms with Gasteiger partial charge in [-0.2, -0.15) is 0 Å². The van der Waals surface area contributed by atoms with E-state index in [-0.39, 0.29) is 5.91 Å². The molecule has 3 N–H and O–H groups in total. The maximum atomic E-state index is 11.5. The maximum Gasteiger partial charge on any atom is 0.219 e. The van der Waals surface area contributed by atoms with Gasteiger partial charge in [0.15, 0.2) is 0 Å². The van der Waals surface area contributed by atoms with Crippen molar-refractivity contribution >= 4 is 22.6 Å². The summed E-state index contributed by atoms with van der Waals surface area (Å²) in [6, 6.07) is 5.75. The van der Waals surface area contributed by atoms with Crippen molar-refractivity contribution in [1.29, 1.82) is 0 Å². The van der Waals surface area contributed by atoms with E-state index in [9.17, 15) is 15.0 Å². The van der Waals surface area contributed by atoms with Crippen LogP contribution in [0.1, 0.15) is 26.2 Å². The van der Waals surface area contributed by atoms with Gasteiger partial charge in [-0.15, -0.1) is 0 Å². The fourth-order valence-corrected chi connectivity index (χ4v) is 4.37. The number of nitrogens with zero attached hydrogens (tertiary/aromatic N) is 4. The summed E-state index contributed by atoms with van der Waals surface area (Å²) in [7, 11) is 0. The molecule has 156 valence electrons. The van der Waals surface area contributed by atoms with Gasteiger partial charge in [-0.25, -0.2) is 0 Å². The molecule has 1 unspecified atom stereocenters. The molecule has 1 atom stereocenters. The number of nitrogens with one attached hydrogen (secondary N) is 1. The van der Waals surface area contributed by atoms with Crippen LogP contribution in [0.3, 0.4) is 0 Å². The standard InChI is InChI=1S/C21H29N5O3/c1-16(27)25-10-5-20(28,6-11-25)13-22-14-21(29)7-12-26(15-21)18-4-9-23-17-3-2-8-24-19(17)18/h2-4,8-9,22,28-29H,5-7,10-15H2,1H3. The van der Waals surface area contributed by atoms with Crippen LogP contribution < -0.4 is 10.2 Å². The second-order valence-corrected chi connectivity index (χ2v) is 8.43. The number of carbonyl (C=O) groups is 1. The number of piperidine rings is 1. The maximum absolute atomic E-state index is 11.5. The predicted octanol–water partition coefficient (Wildman–Crippen LogP) is 0.534. The van der Waals surface area contributed by atoms with Crippen LogP contribution in [-0.2, 0) is 4.79 Å². The number of carbonyl (C=O) groups excluding carboxylic acids is 1. The highest BCUT2D eigenvalue weighted by Gasteiger charge is 2.38. The van der Waals surface area contributed by atoms with Gasteiger partial charge in [0.05, 0.1) is 22.4 Å². The number of aliphatic hydroxyl groups is 2. The molecule has 0 aliphatic carbocycles. The Labute approximate surface area is 170 Å². The summed E-state index contributed by atoms with van der Waals surface area (Å²) < 4.78 is 0. The number of hydrogen-bond acceptors (Lipinski definition) is 7. The van der Waals surface area contributed by atoms with E-state index in [4.69, 9.17) is 0 Å². The van der Waals surface area contributed by atoms with Crippen LogP contribution in [0, 0.1) is 0 Å². The van der Waals surface area contributed by atoms with Gasteiger partial charge in [0.1, 0.15) is 5.52 Å². The number of likely N-dealkylation sites (tertiary alicyclic amines) is 1. The van der Waals surface area contributed by atoms with E-state index >= 15 is 0 Å². The topological polar surface area (TPSA) is 102 Å². The van der Waals surface area contributed by atoms with Crippen molar-refractivity contribution in [1.82, 2.24) is 20.2 Å². The van der Waals surface area contributed by atoms with E-state index in [0.29, 0.717) is 52.0 Å². The number of β-amino-alcohol motifs (C(OH)–C–C–N with tert-alkyl or cyclic N) is 1. The normalized spacial score (nSPS) is 24.2. The van der Waals surface area contributed by atoms with Gasteiger partial charge >= 0.3 is 0 Å². The van der Waals surface area contributed by atoms with Gasteiger partial charge < -0.3 is 25.3 Å². The van der Waals surface area contributed by atoms with Gasteiger partial charge in [0.2, 0.25) is 5.91 Å². The number of fused-ring (bicyclic) bond motifs is 1. The lowest BCUT2D eigenvalue weighted by Crippen LogP contribution is -2.53. The molecule has 2 saturated heterocycles. The molecular weight excluding hydrogens is 370 g/mol. The summed E-state index contributed by atoms with van der Waals surface area (Å²) in [4.78, 5) is 24.2. The molecule has 4 rings (SSSR count). The number of rotatable bonds is 5. The highest BCUT2D eigenvalue weighted by atomic mass is 16.3. The molecule has 1 amide bonds. The number of anilines is 1. The number of aromatic nitrogens is 2. The molecule has 2 aliphatic rings. The Balaban J connectivity index is 1.33. The quantitative estimate of drug-likeness (QED) is 0.674. The summed E-state index contributed by atoms with van der Waals surface area (Å²) in [6.07, 6.45) is 5.29. The second kappa shape index (κ2) is 7.85. The van der Waals surface area contributed by atoms with Gasteiger partial charge in [-0.1, -0.05) is 0 Å². The van der Waals surface area contributed by atoms with Crippen molar-refractivity contribution in [3.8, 4) is 0 Å². The molecule has 0 aromatic carbocycles. The summed E-state index contributed by atoms with van der Waals surface area (Å²) in [5, 5.41) is 25.1. The van der Waals surface area contributed by atoms with Crippen LogP contribution >= 0.6 is 0 Å². The average molecular weight is 399 g/mol. The number of amides is 1.